The van der Waals surface area contributed by atoms with E-state index in [1.807, 2.05) is 57.2 Å². The van der Waals surface area contributed by atoms with E-state index in [1.54, 1.807) is 26.0 Å². The van der Waals surface area contributed by atoms with E-state index >= 15 is 0 Å². The molecule has 0 bridgehead atoms. The van der Waals surface area contributed by atoms with Gasteiger partial charge in [-0.25, -0.2) is 4.79 Å². The van der Waals surface area contributed by atoms with Crippen molar-refractivity contribution in [1.29, 1.82) is 0 Å². The fourth-order valence-corrected chi connectivity index (χ4v) is 10.3. The number of thioether (sulfide) groups is 1. The number of ether oxygens (including phenoxy) is 6. The third-order valence-electron chi connectivity index (χ3n) is 12.1. The summed E-state index contributed by atoms with van der Waals surface area (Å²) in [6.45, 7) is 8.19. The maximum Gasteiger partial charge on any atom is 0.329 e. The molecule has 3 aromatic carbocycles. The Bertz CT molecular complexity index is 2230. The predicted molar refractivity (Wildman–Crippen MR) is 225 cm³/mol. The summed E-state index contributed by atoms with van der Waals surface area (Å²) < 4.78 is 36.0. The number of methoxy groups -OCH3 is 2. The number of β-amino-alcohol motifs (C(OH)–C–C–N with tert-alkyl or cyclic N) is 1. The van der Waals surface area contributed by atoms with Crippen molar-refractivity contribution < 1.29 is 48.2 Å². The lowest BCUT2D eigenvalue weighted by atomic mass is 9.85. The molecule has 0 radical (unpaired) electrons. The predicted octanol–water partition coefficient (Wildman–Crippen LogP) is 5.59. The Hall–Kier alpha value is -4.67. The Morgan fingerprint density at radius 1 is 1.05 bits per heavy atom. The Balaban J connectivity index is 1.37. The van der Waals surface area contributed by atoms with Crippen LogP contribution in [0.15, 0.2) is 24.3 Å². The van der Waals surface area contributed by atoms with Crippen molar-refractivity contribution >= 4 is 34.6 Å². The summed E-state index contributed by atoms with van der Waals surface area (Å²) in [6, 6.07) is 5.83. The number of H-pyrrole nitrogens is 1. The number of hydrogen-bond acceptors (Lipinski definition) is 14. The van der Waals surface area contributed by atoms with E-state index in [0.29, 0.717) is 71.4 Å². The smallest absolute Gasteiger partial charge is 0.329 e. The second kappa shape index (κ2) is 17.9. The molecule has 1 aromatic heterocycles. The summed E-state index contributed by atoms with van der Waals surface area (Å²) in [7, 11) is 5.08. The molecule has 4 N–H and O–H groups in total. The maximum absolute atomic E-state index is 14.8. The highest BCUT2D eigenvalue weighted by atomic mass is 32.2. The quantitative estimate of drug-likeness (QED) is 0.0975. The summed E-state index contributed by atoms with van der Waals surface area (Å²) in [5.41, 5.74) is 7.29. The topological polar surface area (TPSA) is 164 Å². The molecule has 4 aromatic rings. The van der Waals surface area contributed by atoms with E-state index in [9.17, 15) is 19.8 Å². The molecule has 318 valence electrons. The SMILES string of the molecule is CN[C@@H]1c2c(cc(C)c(OC)c2O)CCCN([C@@H](COC(=O)C2c3[nH]c4ccc(OC)cc4c3CCN2CCO)c2c(C)c(OC(C)=O)c(C)c3c2OCO3)C1CSC. The number of aromatic hydroxyl groups is 1. The zero-order valence-corrected chi connectivity index (χ0v) is 36.0. The van der Waals surface area contributed by atoms with Gasteiger partial charge in [0, 0.05) is 70.7 Å². The summed E-state index contributed by atoms with van der Waals surface area (Å²) in [5.74, 6) is 2.30. The van der Waals surface area contributed by atoms with E-state index in [-0.39, 0.29) is 44.4 Å². The summed E-state index contributed by atoms with van der Waals surface area (Å²) in [5, 5.41) is 26.5. The van der Waals surface area contributed by atoms with Gasteiger partial charge >= 0.3 is 11.9 Å². The van der Waals surface area contributed by atoms with Crippen LogP contribution in [0.4, 0.5) is 0 Å². The first-order valence-electron chi connectivity index (χ1n) is 20.1. The first-order valence-corrected chi connectivity index (χ1v) is 21.5. The molecular formula is C44H56N4O10S. The molecule has 4 atom stereocenters. The molecule has 0 saturated heterocycles. The number of carbonyl (C=O) groups is 2. The van der Waals surface area contributed by atoms with Crippen LogP contribution in [0.5, 0.6) is 34.5 Å². The molecule has 0 fully saturated rings. The highest BCUT2D eigenvalue weighted by Gasteiger charge is 2.43. The van der Waals surface area contributed by atoms with E-state index in [1.165, 1.54) is 6.92 Å². The number of likely N-dealkylation sites (N-methyl/N-ethyl adjacent to an activating group) is 1. The summed E-state index contributed by atoms with van der Waals surface area (Å²) in [4.78, 5) is 35.2. The van der Waals surface area contributed by atoms with Crippen molar-refractivity contribution in [2.75, 3.05) is 72.9 Å². The molecule has 4 heterocycles. The Morgan fingerprint density at radius 3 is 2.53 bits per heavy atom. The molecule has 15 heteroatoms. The summed E-state index contributed by atoms with van der Waals surface area (Å²) in [6.07, 6.45) is 4.12. The Labute approximate surface area is 349 Å². The Kier molecular flexibility index (Phi) is 12.9. The van der Waals surface area contributed by atoms with E-state index in [2.05, 4.69) is 21.3 Å². The van der Waals surface area contributed by atoms with Crippen LogP contribution in [-0.4, -0.2) is 116 Å². The molecule has 7 rings (SSSR count). The number of esters is 2. The number of nitrogens with one attached hydrogen (secondary N) is 2. The zero-order chi connectivity index (χ0) is 42.1. The molecule has 59 heavy (non-hydrogen) atoms. The normalized spacial score (nSPS) is 19.7. The van der Waals surface area contributed by atoms with Crippen molar-refractivity contribution in [1.82, 2.24) is 20.1 Å². The second-order valence-electron chi connectivity index (χ2n) is 15.4. The minimum absolute atomic E-state index is 0.0292. The average Bonchev–Trinajstić information content (AvgIpc) is 3.85. The molecule has 0 amide bonds. The number of phenolic OH excluding ortho intramolecular Hbond substituents is 1. The maximum atomic E-state index is 14.8. The van der Waals surface area contributed by atoms with Gasteiger partial charge in [0.15, 0.2) is 23.0 Å². The van der Waals surface area contributed by atoms with Crippen LogP contribution in [-0.2, 0) is 27.2 Å². The number of aliphatic hydroxyl groups is 1. The van der Waals surface area contributed by atoms with Crippen molar-refractivity contribution in [2.24, 2.45) is 0 Å². The lowest BCUT2D eigenvalue weighted by Crippen LogP contribution is -2.50. The number of benzene rings is 3. The van der Waals surface area contributed by atoms with Gasteiger partial charge in [-0.2, -0.15) is 11.8 Å². The third kappa shape index (κ3) is 7.79. The average molecular weight is 833 g/mol. The van der Waals surface area contributed by atoms with Gasteiger partial charge in [-0.1, -0.05) is 6.07 Å². The van der Waals surface area contributed by atoms with Crippen molar-refractivity contribution in [3.8, 4) is 34.5 Å². The lowest BCUT2D eigenvalue weighted by molar-refractivity contribution is -0.153. The number of aliphatic hydroxyl groups excluding tert-OH is 1. The number of carbonyl (C=O) groups excluding carboxylic acids is 2. The fraction of sp³-hybridized carbons (Fsp3) is 0.500. The molecular weight excluding hydrogens is 777 g/mol. The number of aryl methyl sites for hydroxylation is 2. The zero-order valence-electron chi connectivity index (χ0n) is 35.2. The monoisotopic (exact) mass is 832 g/mol. The van der Waals surface area contributed by atoms with Crippen molar-refractivity contribution in [2.45, 2.75) is 71.1 Å². The van der Waals surface area contributed by atoms with Crippen molar-refractivity contribution in [3.63, 3.8) is 0 Å². The molecule has 14 nitrogen and oxygen atoms in total. The number of phenols is 1. The number of nitrogens with zero attached hydrogens (tertiary/aromatic N) is 2. The van der Waals surface area contributed by atoms with E-state index < -0.39 is 24.0 Å². The van der Waals surface area contributed by atoms with Gasteiger partial charge in [0.05, 0.1) is 32.9 Å². The molecule has 3 aliphatic rings. The number of fused-ring (bicyclic) bond motifs is 5. The van der Waals surface area contributed by atoms with Gasteiger partial charge in [-0.05, 0) is 94.8 Å². The van der Waals surface area contributed by atoms with E-state index in [4.69, 9.17) is 28.4 Å². The van der Waals surface area contributed by atoms with Gasteiger partial charge in [0.25, 0.3) is 0 Å². The molecule has 0 saturated carbocycles. The van der Waals surface area contributed by atoms with Crippen LogP contribution in [0.25, 0.3) is 10.9 Å². The largest absolute Gasteiger partial charge is 0.504 e. The van der Waals surface area contributed by atoms with E-state index in [0.717, 1.165) is 51.0 Å². The van der Waals surface area contributed by atoms with Crippen LogP contribution in [0, 0.1) is 20.8 Å². The van der Waals surface area contributed by atoms with Crippen LogP contribution in [0.3, 0.4) is 0 Å². The first-order chi connectivity index (χ1) is 28.5. The first kappa shape index (κ1) is 42.5. The number of hydrogen-bond donors (Lipinski definition) is 4. The van der Waals surface area contributed by atoms with Gasteiger partial charge < -0.3 is 48.9 Å². The second-order valence-corrected chi connectivity index (χ2v) is 16.3. The highest BCUT2D eigenvalue weighted by molar-refractivity contribution is 7.98. The van der Waals surface area contributed by atoms with Gasteiger partial charge in [0.1, 0.15) is 24.1 Å². The standard InChI is InChI=1S/C44H56N4O10S/c1-23-18-27-10-9-14-48(33(21-59-8)37(45-5)35(27)39(51)40(23)54-7)32(34-24(2)41(58-26(4)50)25(3)42-43(34)57-22-56-42)20-55-44(52)38-36-29(13-15-47(38)16-17-49)30-19-28(53-6)11-12-31(30)46-36/h11-12,18-19,32-33,37-38,45-46,49,51H,9-10,13-17,20-22H2,1-8H3/t32-,33?,37-,38?/m0/s1. The van der Waals surface area contributed by atoms with Crippen LogP contribution in [0.2, 0.25) is 0 Å². The number of aromatic nitrogens is 1. The minimum Gasteiger partial charge on any atom is -0.504 e. The minimum atomic E-state index is -0.815. The Morgan fingerprint density at radius 2 is 1.83 bits per heavy atom. The van der Waals surface area contributed by atoms with Gasteiger partial charge in [-0.3, -0.25) is 14.6 Å². The molecule has 2 unspecified atom stereocenters. The lowest BCUT2D eigenvalue weighted by Gasteiger charge is -2.44. The van der Waals surface area contributed by atoms with Gasteiger partial charge in [-0.15, -0.1) is 0 Å². The fourth-order valence-electron chi connectivity index (χ4n) is 9.56. The van der Waals surface area contributed by atoms with Crippen LogP contribution < -0.4 is 29.0 Å². The summed E-state index contributed by atoms with van der Waals surface area (Å²) >= 11 is 1.68. The third-order valence-corrected chi connectivity index (χ3v) is 12.8. The molecule has 0 aliphatic carbocycles. The van der Waals surface area contributed by atoms with Crippen LogP contribution in [0.1, 0.15) is 76.1 Å². The number of rotatable bonds is 13. The van der Waals surface area contributed by atoms with Crippen molar-refractivity contribution in [3.05, 3.63) is 68.9 Å². The van der Waals surface area contributed by atoms with Gasteiger partial charge in [0.2, 0.25) is 6.79 Å². The molecule has 3 aliphatic heterocycles. The van der Waals surface area contributed by atoms with Crippen LogP contribution >= 0.6 is 11.8 Å². The molecule has 0 spiro atoms. The highest BCUT2D eigenvalue weighted by Crippen LogP contribution is 2.52. The number of aromatic amines is 1.